The molecule has 1 saturated heterocycles. The normalized spacial score (nSPS) is 21.2. The Bertz CT molecular complexity index is 752. The van der Waals surface area contributed by atoms with Crippen molar-refractivity contribution in [2.45, 2.75) is 44.4 Å². The van der Waals surface area contributed by atoms with E-state index in [1.165, 1.54) is 25.0 Å². The molecule has 2 aliphatic rings. The highest BCUT2D eigenvalue weighted by molar-refractivity contribution is 5.79. The van der Waals surface area contributed by atoms with Crippen molar-refractivity contribution >= 4 is 5.91 Å². The van der Waals surface area contributed by atoms with Crippen LogP contribution in [0.5, 0.6) is 0 Å². The lowest BCUT2D eigenvalue weighted by Crippen LogP contribution is -2.33. The fourth-order valence-corrected chi connectivity index (χ4v) is 4.03. The molecule has 0 spiro atoms. The van der Waals surface area contributed by atoms with Crippen molar-refractivity contribution < 1.29 is 13.6 Å². The van der Waals surface area contributed by atoms with E-state index in [-0.39, 0.29) is 17.7 Å². The number of rotatable bonds is 4. The first-order valence-electron chi connectivity index (χ1n) is 9.17. The minimum absolute atomic E-state index is 0.173. The number of benzene rings is 1. The highest BCUT2D eigenvalue weighted by Gasteiger charge is 2.34. The van der Waals surface area contributed by atoms with Crippen LogP contribution < -0.4 is 0 Å². The summed E-state index contributed by atoms with van der Waals surface area (Å²) < 4.78 is 19.2. The van der Waals surface area contributed by atoms with E-state index in [0.29, 0.717) is 24.8 Å². The zero-order chi connectivity index (χ0) is 17.2. The fourth-order valence-electron chi connectivity index (χ4n) is 4.03. The van der Waals surface area contributed by atoms with Gasteiger partial charge in [-0.2, -0.15) is 0 Å². The fraction of sp³-hybridized carbons (Fsp3) is 0.500. The Labute approximate surface area is 147 Å². The molecule has 1 amide bonds. The van der Waals surface area contributed by atoms with Gasteiger partial charge in [0, 0.05) is 25.4 Å². The first-order valence-corrected chi connectivity index (χ1v) is 9.17. The molecular weight excluding hydrogens is 319 g/mol. The lowest BCUT2D eigenvalue weighted by atomic mass is 10.1. The van der Waals surface area contributed by atoms with Crippen LogP contribution in [0.25, 0.3) is 0 Å². The monoisotopic (exact) mass is 342 g/mol. The zero-order valence-corrected chi connectivity index (χ0v) is 14.3. The molecule has 2 heterocycles. The Morgan fingerprint density at radius 1 is 1.28 bits per heavy atom. The summed E-state index contributed by atoms with van der Waals surface area (Å²) in [4.78, 5) is 18.9. The Hall–Kier alpha value is -2.17. The predicted molar refractivity (Wildman–Crippen MR) is 91.6 cm³/mol. The number of carbonyl (C=O) groups excluding carboxylic acids is 1. The van der Waals surface area contributed by atoms with Crippen LogP contribution in [-0.4, -0.2) is 28.9 Å². The molecule has 4 rings (SSSR count). The van der Waals surface area contributed by atoms with Crippen molar-refractivity contribution in [1.29, 1.82) is 0 Å². The summed E-state index contributed by atoms with van der Waals surface area (Å²) in [5.74, 6) is 1.91. The molecule has 0 N–H and O–H groups in total. The Morgan fingerprint density at radius 3 is 2.92 bits per heavy atom. The van der Waals surface area contributed by atoms with E-state index in [0.717, 1.165) is 37.1 Å². The molecule has 1 atom stereocenters. The molecule has 4 nitrogen and oxygen atoms in total. The van der Waals surface area contributed by atoms with E-state index in [4.69, 9.17) is 4.42 Å². The van der Waals surface area contributed by atoms with Crippen molar-refractivity contribution in [3.05, 3.63) is 53.5 Å². The van der Waals surface area contributed by atoms with Crippen LogP contribution in [-0.2, 0) is 11.2 Å². The molecule has 1 saturated carbocycles. The molecule has 0 radical (unpaired) electrons. The summed E-state index contributed by atoms with van der Waals surface area (Å²) in [7, 11) is 0. The molecule has 1 aliphatic carbocycles. The van der Waals surface area contributed by atoms with Gasteiger partial charge in [-0.25, -0.2) is 9.37 Å². The Kier molecular flexibility index (Phi) is 4.55. The van der Waals surface area contributed by atoms with Gasteiger partial charge in [0.05, 0.1) is 12.1 Å². The summed E-state index contributed by atoms with van der Waals surface area (Å²) in [5.41, 5.74) is 0.868. The van der Waals surface area contributed by atoms with E-state index in [2.05, 4.69) is 4.98 Å². The number of hydrogen-bond acceptors (Lipinski definition) is 3. The molecule has 1 aliphatic heterocycles. The van der Waals surface area contributed by atoms with Gasteiger partial charge in [0.1, 0.15) is 11.6 Å². The third kappa shape index (κ3) is 3.60. The van der Waals surface area contributed by atoms with E-state index < -0.39 is 0 Å². The molecule has 5 heteroatoms. The number of nitrogens with zero attached hydrogens (tertiary/aromatic N) is 2. The number of likely N-dealkylation sites (tertiary alicyclic amines) is 1. The average molecular weight is 342 g/mol. The van der Waals surface area contributed by atoms with E-state index >= 15 is 0 Å². The Morgan fingerprint density at radius 2 is 2.12 bits per heavy atom. The highest BCUT2D eigenvalue weighted by Crippen LogP contribution is 2.32. The van der Waals surface area contributed by atoms with Crippen LogP contribution >= 0.6 is 0 Å². The van der Waals surface area contributed by atoms with Crippen molar-refractivity contribution in [1.82, 2.24) is 9.88 Å². The van der Waals surface area contributed by atoms with Crippen molar-refractivity contribution in [3.63, 3.8) is 0 Å². The van der Waals surface area contributed by atoms with Gasteiger partial charge < -0.3 is 9.32 Å². The molecule has 0 unspecified atom stereocenters. The number of hydrogen-bond donors (Lipinski definition) is 0. The second kappa shape index (κ2) is 6.98. The first-order chi connectivity index (χ1) is 12.2. The largest absolute Gasteiger partial charge is 0.445 e. The zero-order valence-electron chi connectivity index (χ0n) is 14.3. The van der Waals surface area contributed by atoms with Gasteiger partial charge in [-0.15, -0.1) is 0 Å². The molecular formula is C20H23FN2O2. The summed E-state index contributed by atoms with van der Waals surface area (Å²) in [6.07, 6.45) is 7.59. The maximum absolute atomic E-state index is 13.3. The molecule has 25 heavy (non-hydrogen) atoms. The molecule has 1 aromatic carbocycles. The second-order valence-electron chi connectivity index (χ2n) is 7.22. The summed E-state index contributed by atoms with van der Waals surface area (Å²) >= 11 is 0. The van der Waals surface area contributed by atoms with Gasteiger partial charge >= 0.3 is 0 Å². The summed E-state index contributed by atoms with van der Waals surface area (Å²) in [6, 6.07) is 6.53. The van der Waals surface area contributed by atoms with Crippen LogP contribution in [0, 0.1) is 11.7 Å². The topological polar surface area (TPSA) is 46.3 Å². The third-order valence-electron chi connectivity index (χ3n) is 5.39. The quantitative estimate of drug-likeness (QED) is 0.846. The maximum Gasteiger partial charge on any atom is 0.225 e. The predicted octanol–water partition coefficient (Wildman–Crippen LogP) is 3.91. The molecule has 2 fully saturated rings. The minimum atomic E-state index is -0.242. The smallest absolute Gasteiger partial charge is 0.225 e. The lowest BCUT2D eigenvalue weighted by molar-refractivity contribution is -0.134. The summed E-state index contributed by atoms with van der Waals surface area (Å²) in [6.45, 7) is 1.50. The van der Waals surface area contributed by atoms with Gasteiger partial charge in [-0.1, -0.05) is 25.0 Å². The number of halogens is 1. The van der Waals surface area contributed by atoms with Crippen molar-refractivity contribution in [2.75, 3.05) is 13.1 Å². The second-order valence-corrected chi connectivity index (χ2v) is 7.22. The van der Waals surface area contributed by atoms with Crippen LogP contribution in [0.3, 0.4) is 0 Å². The number of aromatic nitrogens is 1. The van der Waals surface area contributed by atoms with Gasteiger partial charge in [-0.05, 0) is 37.0 Å². The number of amides is 1. The SMILES string of the molecule is O=C(C1CCCC1)N1CC[C@H](c2ncc(Cc3cccc(F)c3)o2)C1. The standard InChI is InChI=1S/C20H23FN2O2/c21-17-7-3-4-14(10-17)11-18-12-22-19(25-18)16-8-9-23(13-16)20(24)15-5-1-2-6-15/h3-4,7,10,12,15-16H,1-2,5-6,8-9,11,13H2/t16-/m0/s1. The number of oxazole rings is 1. The molecule has 2 aromatic rings. The molecule has 1 aromatic heterocycles. The molecule has 0 bridgehead atoms. The first kappa shape index (κ1) is 16.3. The van der Waals surface area contributed by atoms with Crippen molar-refractivity contribution in [3.8, 4) is 0 Å². The third-order valence-corrected chi connectivity index (χ3v) is 5.39. The van der Waals surface area contributed by atoms with Gasteiger partial charge in [-0.3, -0.25) is 4.79 Å². The Balaban J connectivity index is 1.38. The van der Waals surface area contributed by atoms with Crippen LogP contribution in [0.2, 0.25) is 0 Å². The van der Waals surface area contributed by atoms with Crippen LogP contribution in [0.15, 0.2) is 34.9 Å². The van der Waals surface area contributed by atoms with E-state index in [1.54, 1.807) is 12.3 Å². The van der Waals surface area contributed by atoms with Crippen LogP contribution in [0.4, 0.5) is 4.39 Å². The van der Waals surface area contributed by atoms with Gasteiger partial charge in [0.25, 0.3) is 0 Å². The number of carbonyl (C=O) groups is 1. The van der Waals surface area contributed by atoms with Gasteiger partial charge in [0.2, 0.25) is 5.91 Å². The van der Waals surface area contributed by atoms with E-state index in [1.807, 2.05) is 11.0 Å². The van der Waals surface area contributed by atoms with Crippen LogP contribution in [0.1, 0.15) is 55.2 Å². The minimum Gasteiger partial charge on any atom is -0.445 e. The van der Waals surface area contributed by atoms with Gasteiger partial charge in [0.15, 0.2) is 5.89 Å². The highest BCUT2D eigenvalue weighted by atomic mass is 19.1. The summed E-state index contributed by atoms with van der Waals surface area (Å²) in [5, 5.41) is 0. The van der Waals surface area contributed by atoms with E-state index in [9.17, 15) is 9.18 Å². The lowest BCUT2D eigenvalue weighted by Gasteiger charge is -2.19. The van der Waals surface area contributed by atoms with Crippen molar-refractivity contribution in [2.24, 2.45) is 5.92 Å². The average Bonchev–Trinajstić information content (AvgIpc) is 3.35. The maximum atomic E-state index is 13.3. The molecule has 132 valence electrons.